The molecule has 282 valence electrons. The Kier molecular flexibility index (Phi) is 8.48. The molecule has 60 heavy (non-hydrogen) atoms. The number of nitrogens with zero attached hydrogens (tertiary/aromatic N) is 11. The summed E-state index contributed by atoms with van der Waals surface area (Å²) < 4.78 is 6.43. The number of benzene rings is 4. The van der Waals surface area contributed by atoms with Gasteiger partial charge in [-0.2, -0.15) is 0 Å². The van der Waals surface area contributed by atoms with Gasteiger partial charge in [0.25, 0.3) is 0 Å². The average Bonchev–Trinajstić information content (AvgIpc) is 3.33. The number of anilines is 3. The molecule has 12 heteroatoms. The zero-order valence-corrected chi connectivity index (χ0v) is 31.6. The predicted octanol–water partition coefficient (Wildman–Crippen LogP) is 10.4. The summed E-state index contributed by atoms with van der Waals surface area (Å²) >= 11 is 0. The molecule has 1 aliphatic rings. The van der Waals surface area contributed by atoms with Gasteiger partial charge in [-0.1, -0.05) is 60.7 Å². The highest BCUT2D eigenvalue weighted by Crippen LogP contribution is 2.52. The Morgan fingerprint density at radius 2 is 0.750 bits per heavy atom. The van der Waals surface area contributed by atoms with E-state index in [1.807, 2.05) is 121 Å². The number of rotatable bonds is 7. The first kappa shape index (κ1) is 34.6. The molecule has 0 N–H and O–H groups in total. The van der Waals surface area contributed by atoms with E-state index in [0.29, 0.717) is 63.3 Å². The van der Waals surface area contributed by atoms with Gasteiger partial charge in [0.15, 0.2) is 46.4 Å². The largest absolute Gasteiger partial charge is 0.453 e. The molecule has 1 aliphatic heterocycles. The molecule has 0 spiro atoms. The first-order valence-electron chi connectivity index (χ1n) is 19.1. The Morgan fingerprint density at radius 1 is 0.333 bits per heavy atom. The standard InChI is InChI=1S/C48H29N11O/c1-3-22-41-39(19-1)59(40-20-2-4-23-42(40)60-41)38-21-13-14-31-32(38)28-30(43-53-45(34-15-5-9-24-49-34)57-46(54-43)35-16-6-10-25-50-35)29-33(31)44-55-47(36-17-7-11-26-51-36)58-48(56-44)37-18-8-12-27-52-37/h1-29H. The summed E-state index contributed by atoms with van der Waals surface area (Å²) in [6.07, 6.45) is 6.88. The van der Waals surface area contributed by atoms with Crippen LogP contribution in [0.15, 0.2) is 176 Å². The van der Waals surface area contributed by atoms with Gasteiger partial charge in [-0.05, 0) is 96.4 Å². The third kappa shape index (κ3) is 6.30. The summed E-state index contributed by atoms with van der Waals surface area (Å²) in [7, 11) is 0. The fraction of sp³-hybridized carbons (Fsp3) is 0. The molecule has 10 aromatic rings. The van der Waals surface area contributed by atoms with Gasteiger partial charge < -0.3 is 9.64 Å². The molecule has 12 nitrogen and oxygen atoms in total. The van der Waals surface area contributed by atoms with Gasteiger partial charge in [0, 0.05) is 41.3 Å². The molecule has 0 bridgehead atoms. The van der Waals surface area contributed by atoms with E-state index >= 15 is 0 Å². The Morgan fingerprint density at radius 3 is 1.22 bits per heavy atom. The first-order valence-corrected chi connectivity index (χ1v) is 19.1. The average molecular weight is 776 g/mol. The van der Waals surface area contributed by atoms with E-state index in [9.17, 15) is 0 Å². The minimum absolute atomic E-state index is 0.405. The smallest absolute Gasteiger partial charge is 0.182 e. The van der Waals surface area contributed by atoms with E-state index in [0.717, 1.165) is 44.9 Å². The van der Waals surface area contributed by atoms with Crippen LogP contribution in [0.4, 0.5) is 17.1 Å². The molecule has 0 unspecified atom stereocenters. The second-order valence-corrected chi connectivity index (χ2v) is 13.7. The van der Waals surface area contributed by atoms with Gasteiger partial charge in [0.1, 0.15) is 22.8 Å². The van der Waals surface area contributed by atoms with Crippen molar-refractivity contribution in [3.63, 3.8) is 0 Å². The maximum absolute atomic E-state index is 6.43. The summed E-state index contributed by atoms with van der Waals surface area (Å²) in [5.74, 6) is 3.92. The lowest BCUT2D eigenvalue weighted by atomic mass is 9.97. The van der Waals surface area contributed by atoms with Crippen LogP contribution < -0.4 is 9.64 Å². The van der Waals surface area contributed by atoms with Crippen molar-refractivity contribution in [2.75, 3.05) is 4.90 Å². The molecule has 0 radical (unpaired) electrons. The van der Waals surface area contributed by atoms with Crippen molar-refractivity contribution in [1.29, 1.82) is 0 Å². The zero-order valence-electron chi connectivity index (χ0n) is 31.6. The van der Waals surface area contributed by atoms with Crippen LogP contribution in [0.25, 0.3) is 79.6 Å². The predicted molar refractivity (Wildman–Crippen MR) is 229 cm³/mol. The number of pyridine rings is 4. The summed E-state index contributed by atoms with van der Waals surface area (Å²) in [6.45, 7) is 0. The minimum atomic E-state index is 0.405. The van der Waals surface area contributed by atoms with Crippen LogP contribution in [0, 0.1) is 0 Å². The number of aromatic nitrogens is 10. The second-order valence-electron chi connectivity index (χ2n) is 13.7. The van der Waals surface area contributed by atoms with Crippen molar-refractivity contribution in [2.24, 2.45) is 0 Å². The molecule has 4 aromatic carbocycles. The lowest BCUT2D eigenvalue weighted by molar-refractivity contribution is 0.477. The zero-order chi connectivity index (χ0) is 39.8. The van der Waals surface area contributed by atoms with Crippen molar-refractivity contribution in [1.82, 2.24) is 49.8 Å². The molecule has 0 saturated carbocycles. The molecule has 0 aliphatic carbocycles. The summed E-state index contributed by atoms with van der Waals surface area (Å²) in [5, 5.41) is 1.77. The summed E-state index contributed by atoms with van der Waals surface area (Å²) in [4.78, 5) is 50.7. The molecule has 7 heterocycles. The maximum atomic E-state index is 6.43. The lowest BCUT2D eigenvalue weighted by Crippen LogP contribution is -2.16. The Hall–Kier alpha value is -8.64. The van der Waals surface area contributed by atoms with Crippen LogP contribution in [0.5, 0.6) is 11.5 Å². The molecule has 11 rings (SSSR count). The van der Waals surface area contributed by atoms with Crippen LogP contribution >= 0.6 is 0 Å². The lowest BCUT2D eigenvalue weighted by Gasteiger charge is -2.33. The van der Waals surface area contributed by atoms with E-state index in [1.54, 1.807) is 24.8 Å². The molecular formula is C48H29N11O. The monoisotopic (exact) mass is 775 g/mol. The fourth-order valence-electron chi connectivity index (χ4n) is 7.28. The van der Waals surface area contributed by atoms with Gasteiger partial charge in [-0.15, -0.1) is 0 Å². The van der Waals surface area contributed by atoms with Crippen molar-refractivity contribution in [2.45, 2.75) is 0 Å². The van der Waals surface area contributed by atoms with Crippen LogP contribution in [0.2, 0.25) is 0 Å². The SMILES string of the molecule is c1ccc(-c2nc(-c3cc(-c4nc(-c5ccccn5)nc(-c5ccccn5)n4)c4cccc(N5c6ccccc6Oc6ccccc65)c4c3)nc(-c3ccccn3)n2)nc1. The summed E-state index contributed by atoms with van der Waals surface area (Å²) in [6, 6.07) is 49.0. The molecule has 0 saturated heterocycles. The van der Waals surface area contributed by atoms with Crippen LogP contribution in [0.3, 0.4) is 0 Å². The quantitative estimate of drug-likeness (QED) is 0.152. The summed E-state index contributed by atoms with van der Waals surface area (Å²) in [5.41, 5.74) is 6.47. The van der Waals surface area contributed by atoms with Gasteiger partial charge in [0.05, 0.1) is 17.1 Å². The Balaban J connectivity index is 1.22. The molecule has 0 amide bonds. The molecule has 0 atom stereocenters. The van der Waals surface area contributed by atoms with E-state index in [1.165, 1.54) is 0 Å². The Labute approximate surface area is 343 Å². The van der Waals surface area contributed by atoms with E-state index < -0.39 is 0 Å². The maximum Gasteiger partial charge on any atom is 0.182 e. The van der Waals surface area contributed by atoms with E-state index in [2.05, 4.69) is 55.2 Å². The third-order valence-corrected chi connectivity index (χ3v) is 9.99. The fourth-order valence-corrected chi connectivity index (χ4v) is 7.28. The van der Waals surface area contributed by atoms with Crippen molar-refractivity contribution in [3.8, 4) is 80.3 Å². The van der Waals surface area contributed by atoms with Gasteiger partial charge in [-0.3, -0.25) is 19.9 Å². The van der Waals surface area contributed by atoms with Gasteiger partial charge >= 0.3 is 0 Å². The molecular weight excluding hydrogens is 747 g/mol. The van der Waals surface area contributed by atoms with Crippen molar-refractivity contribution >= 4 is 27.8 Å². The molecule has 0 fully saturated rings. The third-order valence-electron chi connectivity index (χ3n) is 9.99. The highest BCUT2D eigenvalue weighted by atomic mass is 16.5. The number of fused-ring (bicyclic) bond motifs is 3. The first-order chi connectivity index (χ1) is 29.7. The van der Waals surface area contributed by atoms with E-state index in [4.69, 9.17) is 34.6 Å². The van der Waals surface area contributed by atoms with Crippen LogP contribution in [-0.2, 0) is 0 Å². The minimum Gasteiger partial charge on any atom is -0.453 e. The topological polar surface area (TPSA) is 141 Å². The number of hydrogen-bond acceptors (Lipinski definition) is 12. The number of para-hydroxylation sites is 4. The van der Waals surface area contributed by atoms with Crippen LogP contribution in [0.1, 0.15) is 0 Å². The second kappa shape index (κ2) is 14.7. The van der Waals surface area contributed by atoms with Crippen molar-refractivity contribution in [3.05, 3.63) is 176 Å². The van der Waals surface area contributed by atoms with Gasteiger partial charge in [-0.25, -0.2) is 29.9 Å². The highest BCUT2D eigenvalue weighted by Gasteiger charge is 2.28. The Bertz CT molecular complexity index is 3030. The number of hydrogen-bond donors (Lipinski definition) is 0. The van der Waals surface area contributed by atoms with E-state index in [-0.39, 0.29) is 0 Å². The molecule has 6 aromatic heterocycles. The highest BCUT2D eigenvalue weighted by molar-refractivity contribution is 6.08. The number of ether oxygens (including phenoxy) is 1. The van der Waals surface area contributed by atoms with Crippen molar-refractivity contribution < 1.29 is 4.74 Å². The normalized spacial score (nSPS) is 11.8. The van der Waals surface area contributed by atoms with Gasteiger partial charge in [0.2, 0.25) is 0 Å². The van der Waals surface area contributed by atoms with Crippen LogP contribution in [-0.4, -0.2) is 49.8 Å².